The Morgan fingerprint density at radius 2 is 1.89 bits per heavy atom. The zero-order valence-electron chi connectivity index (χ0n) is 16.0. The Balaban J connectivity index is 0.00000364. The van der Waals surface area contributed by atoms with E-state index < -0.39 is 0 Å². The maximum atomic E-state index is 13.0. The Hall–Kier alpha value is -1.75. The largest absolute Gasteiger partial charge is 0.385 e. The number of ether oxygens (including phenoxy) is 1. The molecule has 27 heavy (non-hydrogen) atoms. The van der Waals surface area contributed by atoms with Crippen LogP contribution in [0.3, 0.4) is 0 Å². The van der Waals surface area contributed by atoms with Crippen molar-refractivity contribution in [3.05, 3.63) is 47.3 Å². The molecule has 1 aromatic heterocycles. The van der Waals surface area contributed by atoms with Gasteiger partial charge in [-0.15, -0.1) is 34.2 Å². The highest BCUT2D eigenvalue weighted by Gasteiger charge is 2.05. The van der Waals surface area contributed by atoms with Crippen molar-refractivity contribution >= 4 is 29.9 Å². The van der Waals surface area contributed by atoms with Crippen LogP contribution in [0.15, 0.2) is 29.3 Å². The molecule has 2 aromatic rings. The molecule has 0 aliphatic heterocycles. The van der Waals surface area contributed by atoms with Crippen molar-refractivity contribution in [3.63, 3.8) is 0 Å². The molecule has 0 saturated heterocycles. The second kappa shape index (κ2) is 12.6. The molecule has 0 fully saturated rings. The zero-order valence-corrected chi connectivity index (χ0v) is 18.4. The summed E-state index contributed by atoms with van der Waals surface area (Å²) in [5, 5.41) is 14.8. The van der Waals surface area contributed by atoms with Gasteiger partial charge in [-0.05, 0) is 37.5 Å². The fourth-order valence-corrected chi connectivity index (χ4v) is 2.31. The number of nitrogens with one attached hydrogen (secondary N) is 2. The van der Waals surface area contributed by atoms with Crippen LogP contribution in [0.1, 0.15) is 23.6 Å². The van der Waals surface area contributed by atoms with E-state index in [1.807, 2.05) is 18.5 Å². The van der Waals surface area contributed by atoms with Crippen LogP contribution in [-0.2, 0) is 24.8 Å². The molecule has 7 nitrogen and oxygen atoms in total. The molecule has 0 spiro atoms. The van der Waals surface area contributed by atoms with Crippen LogP contribution < -0.4 is 10.6 Å². The molecule has 150 valence electrons. The molecular weight excluding hydrogens is 462 g/mol. The lowest BCUT2D eigenvalue weighted by molar-refractivity contribution is 0.195. The number of methoxy groups -OCH3 is 1. The Labute approximate surface area is 176 Å². The topological polar surface area (TPSA) is 76.4 Å². The smallest absolute Gasteiger partial charge is 0.191 e. The highest BCUT2D eigenvalue weighted by atomic mass is 127. The molecule has 2 N–H and O–H groups in total. The first-order valence-electron chi connectivity index (χ1n) is 8.70. The van der Waals surface area contributed by atoms with E-state index in [1.165, 1.54) is 12.1 Å². The summed E-state index contributed by atoms with van der Waals surface area (Å²) in [4.78, 5) is 4.58. The fraction of sp³-hybridized carbons (Fsp3) is 0.500. The summed E-state index contributed by atoms with van der Waals surface area (Å²) in [6, 6.07) is 6.54. The van der Waals surface area contributed by atoms with E-state index in [4.69, 9.17) is 4.74 Å². The van der Waals surface area contributed by atoms with E-state index in [0.29, 0.717) is 25.7 Å². The summed E-state index contributed by atoms with van der Waals surface area (Å²) in [7, 11) is 3.61. The molecule has 0 amide bonds. The average Bonchev–Trinajstić information content (AvgIpc) is 2.96. The SMILES string of the molecule is COCCCNC(=NCc1nnc(C)n1C)NCCc1ccc(F)cc1.I. The van der Waals surface area contributed by atoms with Gasteiger partial charge in [-0.1, -0.05) is 12.1 Å². The molecule has 2 rings (SSSR count). The van der Waals surface area contributed by atoms with Crippen molar-refractivity contribution in [2.24, 2.45) is 12.0 Å². The van der Waals surface area contributed by atoms with Crippen molar-refractivity contribution in [2.45, 2.75) is 26.3 Å². The van der Waals surface area contributed by atoms with Gasteiger partial charge in [0.25, 0.3) is 0 Å². The van der Waals surface area contributed by atoms with Crippen LogP contribution in [0.25, 0.3) is 0 Å². The first kappa shape index (κ1) is 23.3. The Morgan fingerprint density at radius 3 is 2.52 bits per heavy atom. The molecule has 0 atom stereocenters. The minimum absolute atomic E-state index is 0. The number of aromatic nitrogens is 3. The summed E-state index contributed by atoms with van der Waals surface area (Å²) >= 11 is 0. The van der Waals surface area contributed by atoms with Gasteiger partial charge < -0.3 is 19.9 Å². The van der Waals surface area contributed by atoms with Crippen LogP contribution >= 0.6 is 24.0 Å². The van der Waals surface area contributed by atoms with Crippen molar-refractivity contribution < 1.29 is 9.13 Å². The molecule has 1 aromatic carbocycles. The molecule has 0 saturated carbocycles. The molecule has 9 heteroatoms. The normalized spacial score (nSPS) is 11.2. The number of guanidine groups is 1. The lowest BCUT2D eigenvalue weighted by Crippen LogP contribution is -2.39. The highest BCUT2D eigenvalue weighted by molar-refractivity contribution is 14.0. The van der Waals surface area contributed by atoms with E-state index in [-0.39, 0.29) is 29.8 Å². The Morgan fingerprint density at radius 1 is 1.19 bits per heavy atom. The summed E-state index contributed by atoms with van der Waals surface area (Å²) in [6.45, 7) is 4.49. The molecular formula is C18H28FIN6O. The van der Waals surface area contributed by atoms with Gasteiger partial charge in [0.2, 0.25) is 0 Å². The number of hydrogen-bond donors (Lipinski definition) is 2. The predicted octanol–water partition coefficient (Wildman–Crippen LogP) is 2.20. The molecule has 0 radical (unpaired) electrons. The first-order valence-corrected chi connectivity index (χ1v) is 8.70. The monoisotopic (exact) mass is 490 g/mol. The van der Waals surface area contributed by atoms with E-state index >= 15 is 0 Å². The number of benzene rings is 1. The highest BCUT2D eigenvalue weighted by Crippen LogP contribution is 2.03. The molecule has 0 bridgehead atoms. The van der Waals surface area contributed by atoms with E-state index in [1.54, 1.807) is 19.2 Å². The minimum atomic E-state index is -0.220. The standard InChI is InChI=1S/C18H27FN6O.HI/c1-14-23-24-17(25(14)2)13-22-18(20-10-4-12-26-3)21-11-9-15-5-7-16(19)8-6-15;/h5-8H,4,9-13H2,1-3H3,(H2,20,21,22);1H. The summed E-state index contributed by atoms with van der Waals surface area (Å²) in [6.07, 6.45) is 1.67. The minimum Gasteiger partial charge on any atom is -0.385 e. The van der Waals surface area contributed by atoms with E-state index in [9.17, 15) is 4.39 Å². The van der Waals surface area contributed by atoms with Crippen molar-refractivity contribution in [2.75, 3.05) is 26.8 Å². The quantitative estimate of drug-likeness (QED) is 0.244. The van der Waals surface area contributed by atoms with E-state index in [0.717, 1.165) is 36.6 Å². The molecule has 1 heterocycles. The second-order valence-electron chi connectivity index (χ2n) is 5.96. The average molecular weight is 490 g/mol. The van der Waals surface area contributed by atoms with Crippen LogP contribution in [0.2, 0.25) is 0 Å². The van der Waals surface area contributed by atoms with E-state index in [2.05, 4.69) is 25.8 Å². The van der Waals surface area contributed by atoms with Gasteiger partial charge in [0.1, 0.15) is 18.2 Å². The summed E-state index contributed by atoms with van der Waals surface area (Å²) in [5.41, 5.74) is 1.07. The second-order valence-corrected chi connectivity index (χ2v) is 5.96. The summed E-state index contributed by atoms with van der Waals surface area (Å²) < 4.78 is 20.0. The number of aliphatic imine (C=N–C) groups is 1. The summed E-state index contributed by atoms with van der Waals surface area (Å²) in [5.74, 6) is 2.15. The van der Waals surface area contributed by atoms with Crippen molar-refractivity contribution in [1.29, 1.82) is 0 Å². The first-order chi connectivity index (χ1) is 12.6. The third kappa shape index (κ3) is 8.21. The Kier molecular flexibility index (Phi) is 10.9. The van der Waals surface area contributed by atoms with Gasteiger partial charge in [-0.2, -0.15) is 0 Å². The Bertz CT molecular complexity index is 704. The van der Waals surface area contributed by atoms with Crippen LogP contribution in [0.5, 0.6) is 0 Å². The molecule has 0 aliphatic carbocycles. The maximum absolute atomic E-state index is 13.0. The van der Waals surface area contributed by atoms with Crippen molar-refractivity contribution in [1.82, 2.24) is 25.4 Å². The number of halogens is 2. The maximum Gasteiger partial charge on any atom is 0.191 e. The number of nitrogens with zero attached hydrogens (tertiary/aromatic N) is 4. The third-order valence-electron chi connectivity index (χ3n) is 4.00. The van der Waals surface area contributed by atoms with Crippen LogP contribution in [0, 0.1) is 12.7 Å². The number of aryl methyl sites for hydroxylation is 1. The van der Waals surface area contributed by atoms with Gasteiger partial charge in [-0.25, -0.2) is 9.38 Å². The van der Waals surface area contributed by atoms with Gasteiger partial charge in [-0.3, -0.25) is 0 Å². The van der Waals surface area contributed by atoms with Gasteiger partial charge in [0.05, 0.1) is 0 Å². The van der Waals surface area contributed by atoms with Crippen LogP contribution in [0.4, 0.5) is 4.39 Å². The van der Waals surface area contributed by atoms with Gasteiger partial charge >= 0.3 is 0 Å². The number of hydrogen-bond acceptors (Lipinski definition) is 4. The third-order valence-corrected chi connectivity index (χ3v) is 4.00. The number of rotatable bonds is 9. The van der Waals surface area contributed by atoms with Gasteiger partial charge in [0.15, 0.2) is 11.8 Å². The molecule has 0 aliphatic rings. The lowest BCUT2D eigenvalue weighted by Gasteiger charge is -2.12. The van der Waals surface area contributed by atoms with Crippen LogP contribution in [-0.4, -0.2) is 47.5 Å². The van der Waals surface area contributed by atoms with Crippen molar-refractivity contribution in [3.8, 4) is 0 Å². The fourth-order valence-electron chi connectivity index (χ4n) is 2.31. The lowest BCUT2D eigenvalue weighted by atomic mass is 10.1. The zero-order chi connectivity index (χ0) is 18.8. The van der Waals surface area contributed by atoms with Gasteiger partial charge in [0, 0.05) is 33.9 Å². The predicted molar refractivity (Wildman–Crippen MR) is 115 cm³/mol. The molecule has 0 unspecified atom stereocenters.